The molecule has 0 radical (unpaired) electrons. The van der Waals surface area contributed by atoms with Gasteiger partial charge in [0.2, 0.25) is 5.91 Å². The lowest BCUT2D eigenvalue weighted by Gasteiger charge is -2.32. The van der Waals surface area contributed by atoms with E-state index in [1.54, 1.807) is 4.90 Å². The molecule has 3 rings (SSSR count). The Kier molecular flexibility index (Phi) is 10.8. The van der Waals surface area contributed by atoms with E-state index in [2.05, 4.69) is 42.0 Å². The molecule has 0 aromatic heterocycles. The molecule has 0 aliphatic carbocycles. The molecule has 0 bridgehead atoms. The van der Waals surface area contributed by atoms with E-state index in [0.717, 1.165) is 27.6 Å². The van der Waals surface area contributed by atoms with E-state index in [1.165, 1.54) is 5.56 Å². The Morgan fingerprint density at radius 2 is 1.64 bits per heavy atom. The molecule has 3 aromatic carbocycles. The minimum Gasteiger partial charge on any atom is -0.483 e. The first-order valence-electron chi connectivity index (χ1n) is 13.6. The van der Waals surface area contributed by atoms with Crippen molar-refractivity contribution in [2.24, 2.45) is 0 Å². The van der Waals surface area contributed by atoms with Gasteiger partial charge in [0.15, 0.2) is 6.61 Å². The maximum atomic E-state index is 13.8. The number of rotatable bonds is 11. The molecule has 2 atom stereocenters. The number of hydrogen-bond acceptors (Lipinski definition) is 3. The van der Waals surface area contributed by atoms with E-state index in [1.807, 2.05) is 93.6 Å². The van der Waals surface area contributed by atoms with Crippen LogP contribution in [0.1, 0.15) is 63.3 Å². The Bertz CT molecular complexity index is 1240. The van der Waals surface area contributed by atoms with Gasteiger partial charge in [0, 0.05) is 19.0 Å². The van der Waals surface area contributed by atoms with Crippen LogP contribution in [-0.4, -0.2) is 35.4 Å². The van der Waals surface area contributed by atoms with Crippen molar-refractivity contribution in [1.29, 1.82) is 0 Å². The van der Waals surface area contributed by atoms with Crippen molar-refractivity contribution in [3.63, 3.8) is 0 Å². The molecule has 0 spiro atoms. The fraction of sp³-hybridized carbons (Fsp3) is 0.394. The van der Waals surface area contributed by atoms with Gasteiger partial charge in [-0.15, -0.1) is 0 Å². The van der Waals surface area contributed by atoms with E-state index in [-0.39, 0.29) is 29.9 Å². The molecule has 5 nitrogen and oxygen atoms in total. The van der Waals surface area contributed by atoms with Crippen molar-refractivity contribution in [3.05, 3.63) is 99.5 Å². The normalized spacial score (nSPS) is 12.9. The molecule has 0 saturated carbocycles. The van der Waals surface area contributed by atoms with Crippen molar-refractivity contribution in [2.75, 3.05) is 6.61 Å². The molecule has 2 amide bonds. The Balaban J connectivity index is 1.91. The number of benzene rings is 3. The molecule has 0 saturated heterocycles. The van der Waals surface area contributed by atoms with E-state index >= 15 is 0 Å². The minimum atomic E-state index is -0.689. The van der Waals surface area contributed by atoms with Gasteiger partial charge in [-0.25, -0.2) is 0 Å². The van der Waals surface area contributed by atoms with Crippen molar-refractivity contribution in [1.82, 2.24) is 10.2 Å². The fourth-order valence-corrected chi connectivity index (χ4v) is 4.69. The van der Waals surface area contributed by atoms with Gasteiger partial charge in [0.05, 0.1) is 4.47 Å². The lowest BCUT2D eigenvalue weighted by atomic mass is 9.87. The molecular weight excluding hydrogens is 552 g/mol. The number of nitrogens with zero attached hydrogens (tertiary/aromatic N) is 1. The lowest BCUT2D eigenvalue weighted by molar-refractivity contribution is -0.143. The summed E-state index contributed by atoms with van der Waals surface area (Å²) in [5.74, 6) is 0.183. The van der Waals surface area contributed by atoms with Crippen LogP contribution in [0.3, 0.4) is 0 Å². The van der Waals surface area contributed by atoms with Crippen LogP contribution in [-0.2, 0) is 28.0 Å². The number of carbonyl (C=O) groups is 2. The van der Waals surface area contributed by atoms with E-state index in [0.29, 0.717) is 18.7 Å². The third-order valence-corrected chi connectivity index (χ3v) is 7.51. The Hall–Kier alpha value is -3.12. The van der Waals surface area contributed by atoms with Crippen molar-refractivity contribution in [3.8, 4) is 5.75 Å². The third kappa shape index (κ3) is 8.96. The summed E-state index contributed by atoms with van der Waals surface area (Å²) in [5.41, 5.74) is 4.25. The van der Waals surface area contributed by atoms with Gasteiger partial charge in [-0.1, -0.05) is 93.9 Å². The summed E-state index contributed by atoms with van der Waals surface area (Å²) in [6.07, 6.45) is 1.21. The molecule has 3 aromatic rings. The lowest BCUT2D eigenvalue weighted by Crippen LogP contribution is -2.53. The fourth-order valence-electron chi connectivity index (χ4n) is 4.19. The largest absolute Gasteiger partial charge is 0.483 e. The molecular formula is C33H41BrN2O3. The summed E-state index contributed by atoms with van der Waals surface area (Å²) in [6, 6.07) is 23.1. The average Bonchev–Trinajstić information content (AvgIpc) is 2.90. The van der Waals surface area contributed by atoms with E-state index in [4.69, 9.17) is 4.74 Å². The highest BCUT2D eigenvalue weighted by atomic mass is 79.9. The maximum Gasteiger partial charge on any atom is 0.261 e. The highest BCUT2D eigenvalue weighted by molar-refractivity contribution is 9.10. The zero-order valence-electron chi connectivity index (χ0n) is 24.0. The molecule has 0 aliphatic rings. The third-order valence-electron chi connectivity index (χ3n) is 6.89. The van der Waals surface area contributed by atoms with Crippen LogP contribution in [0.4, 0.5) is 0 Å². The van der Waals surface area contributed by atoms with Crippen molar-refractivity contribution < 1.29 is 14.3 Å². The van der Waals surface area contributed by atoms with Gasteiger partial charge in [0.1, 0.15) is 11.8 Å². The second-order valence-corrected chi connectivity index (χ2v) is 12.1. The molecule has 39 heavy (non-hydrogen) atoms. The molecule has 208 valence electrons. The smallest absolute Gasteiger partial charge is 0.261 e. The zero-order valence-corrected chi connectivity index (χ0v) is 25.5. The Labute approximate surface area is 242 Å². The van der Waals surface area contributed by atoms with Crippen molar-refractivity contribution >= 4 is 27.7 Å². The minimum absolute atomic E-state index is 0.000589. The van der Waals surface area contributed by atoms with Crippen LogP contribution in [0.25, 0.3) is 0 Å². The van der Waals surface area contributed by atoms with Crippen molar-refractivity contribution in [2.45, 2.75) is 78.4 Å². The van der Waals surface area contributed by atoms with Crippen LogP contribution < -0.4 is 10.1 Å². The first kappa shape index (κ1) is 30.4. The predicted molar refractivity (Wildman–Crippen MR) is 162 cm³/mol. The number of halogens is 1. The second-order valence-electron chi connectivity index (χ2n) is 11.2. The highest BCUT2D eigenvalue weighted by Crippen LogP contribution is 2.31. The molecule has 1 N–H and O–H groups in total. The number of amides is 2. The summed E-state index contributed by atoms with van der Waals surface area (Å²) in [4.78, 5) is 29.1. The summed E-state index contributed by atoms with van der Waals surface area (Å²) in [7, 11) is 0. The van der Waals surface area contributed by atoms with Gasteiger partial charge in [0.25, 0.3) is 5.91 Å². The quantitative estimate of drug-likeness (QED) is 0.261. The second kappa shape index (κ2) is 13.8. The molecule has 6 heteroatoms. The summed E-state index contributed by atoms with van der Waals surface area (Å²) in [5, 5.41) is 3.10. The first-order chi connectivity index (χ1) is 18.5. The van der Waals surface area contributed by atoms with Gasteiger partial charge >= 0.3 is 0 Å². The number of ether oxygens (including phenoxy) is 1. The Morgan fingerprint density at radius 1 is 0.974 bits per heavy atom. The van der Waals surface area contributed by atoms with Gasteiger partial charge in [-0.2, -0.15) is 0 Å². The van der Waals surface area contributed by atoms with Crippen LogP contribution in [0.2, 0.25) is 0 Å². The first-order valence-corrected chi connectivity index (χ1v) is 14.4. The number of hydrogen-bond donors (Lipinski definition) is 1. The van der Waals surface area contributed by atoms with Crippen LogP contribution in [0.15, 0.2) is 77.3 Å². The maximum absolute atomic E-state index is 13.8. The highest BCUT2D eigenvalue weighted by Gasteiger charge is 2.31. The summed E-state index contributed by atoms with van der Waals surface area (Å²) < 4.78 is 6.81. The topological polar surface area (TPSA) is 58.6 Å². The molecule has 0 heterocycles. The SMILES string of the molecule is CCC(C)NC(=O)C(Cc1ccccc1)N(Cc1ccc(C)cc1)C(=O)COc1ccc(C(C)(C)C)cc1Br. The van der Waals surface area contributed by atoms with E-state index < -0.39 is 6.04 Å². The Morgan fingerprint density at radius 3 is 2.23 bits per heavy atom. The molecule has 0 aliphatic heterocycles. The van der Waals surface area contributed by atoms with Gasteiger partial charge in [-0.05, 0) is 70.4 Å². The molecule has 2 unspecified atom stereocenters. The molecule has 0 fully saturated rings. The van der Waals surface area contributed by atoms with E-state index in [9.17, 15) is 9.59 Å². The number of carbonyl (C=O) groups excluding carboxylic acids is 2. The monoisotopic (exact) mass is 592 g/mol. The van der Waals surface area contributed by atoms with Crippen LogP contribution in [0, 0.1) is 6.92 Å². The van der Waals surface area contributed by atoms with Crippen LogP contribution in [0.5, 0.6) is 5.75 Å². The zero-order chi connectivity index (χ0) is 28.6. The number of aryl methyl sites for hydroxylation is 1. The van der Waals surface area contributed by atoms with Gasteiger partial charge < -0.3 is 15.0 Å². The summed E-state index contributed by atoms with van der Waals surface area (Å²) >= 11 is 3.60. The van der Waals surface area contributed by atoms with Crippen LogP contribution >= 0.6 is 15.9 Å². The predicted octanol–water partition coefficient (Wildman–Crippen LogP) is 6.99. The standard InChI is InChI=1S/C33H41BrN2O3/c1-7-24(3)35-32(38)29(19-25-11-9-8-10-12-25)36(21-26-15-13-23(2)14-16-26)31(37)22-39-30-18-17-27(20-28(30)34)33(4,5)6/h8-18,20,24,29H,7,19,21-22H2,1-6H3,(H,35,38). The number of nitrogens with one attached hydrogen (secondary N) is 1. The average molecular weight is 594 g/mol. The summed E-state index contributed by atoms with van der Waals surface area (Å²) in [6.45, 7) is 12.6. The van der Waals surface area contributed by atoms with Gasteiger partial charge in [-0.3, -0.25) is 9.59 Å².